The third kappa shape index (κ3) is 13.5. The van der Waals surface area contributed by atoms with Crippen molar-refractivity contribution in [2.24, 2.45) is 0 Å². The standard InChI is InChI=1S/C25H42O2/c1-3-4-5-6-7-8-9-10-11-12-13-14-15-19-22-25(26)27-23(2)24-20-17-16-18-21-24/h16-18,20-21,23H,3-15,19,22H2,1-2H3. The summed E-state index contributed by atoms with van der Waals surface area (Å²) in [6.45, 7) is 4.22. The van der Waals surface area contributed by atoms with E-state index < -0.39 is 0 Å². The van der Waals surface area contributed by atoms with E-state index in [0.717, 1.165) is 18.4 Å². The summed E-state index contributed by atoms with van der Waals surface area (Å²) in [5.41, 5.74) is 1.06. The molecular formula is C25H42O2. The van der Waals surface area contributed by atoms with Crippen LogP contribution in [0.2, 0.25) is 0 Å². The number of rotatable bonds is 17. The van der Waals surface area contributed by atoms with Crippen molar-refractivity contribution in [1.82, 2.24) is 0 Å². The molecular weight excluding hydrogens is 332 g/mol. The van der Waals surface area contributed by atoms with Gasteiger partial charge in [0, 0.05) is 6.42 Å². The highest BCUT2D eigenvalue weighted by Gasteiger charge is 2.10. The Morgan fingerprint density at radius 1 is 0.741 bits per heavy atom. The van der Waals surface area contributed by atoms with E-state index in [1.54, 1.807) is 0 Å². The molecule has 0 aliphatic heterocycles. The number of esters is 1. The van der Waals surface area contributed by atoms with Gasteiger partial charge in [-0.2, -0.15) is 0 Å². The lowest BCUT2D eigenvalue weighted by atomic mass is 10.0. The lowest BCUT2D eigenvalue weighted by molar-refractivity contribution is -0.148. The van der Waals surface area contributed by atoms with Gasteiger partial charge in [-0.05, 0) is 18.9 Å². The van der Waals surface area contributed by atoms with Gasteiger partial charge in [0.05, 0.1) is 0 Å². The summed E-state index contributed by atoms with van der Waals surface area (Å²) < 4.78 is 5.51. The summed E-state index contributed by atoms with van der Waals surface area (Å²) in [6.07, 6.45) is 19.1. The molecule has 0 saturated heterocycles. The minimum absolute atomic E-state index is 0.0645. The first-order valence-electron chi connectivity index (χ1n) is 11.5. The highest BCUT2D eigenvalue weighted by Crippen LogP contribution is 2.18. The van der Waals surface area contributed by atoms with Crippen molar-refractivity contribution in [3.8, 4) is 0 Å². The van der Waals surface area contributed by atoms with Gasteiger partial charge in [-0.1, -0.05) is 121 Å². The number of unbranched alkanes of at least 4 members (excludes halogenated alkanes) is 13. The molecule has 27 heavy (non-hydrogen) atoms. The highest BCUT2D eigenvalue weighted by atomic mass is 16.5. The van der Waals surface area contributed by atoms with Crippen LogP contribution in [0.1, 0.15) is 122 Å². The molecule has 0 radical (unpaired) electrons. The van der Waals surface area contributed by atoms with Crippen LogP contribution in [0.4, 0.5) is 0 Å². The summed E-state index contributed by atoms with van der Waals surface area (Å²) in [7, 11) is 0. The van der Waals surface area contributed by atoms with Crippen LogP contribution in [-0.4, -0.2) is 5.97 Å². The first-order valence-corrected chi connectivity index (χ1v) is 11.5. The van der Waals surface area contributed by atoms with E-state index in [1.807, 2.05) is 37.3 Å². The number of carbonyl (C=O) groups is 1. The SMILES string of the molecule is CCCCCCCCCCCCCCCCC(=O)OC(C)c1ccccc1. The van der Waals surface area contributed by atoms with E-state index >= 15 is 0 Å². The van der Waals surface area contributed by atoms with Gasteiger partial charge in [0.1, 0.15) is 6.10 Å². The lowest BCUT2D eigenvalue weighted by Crippen LogP contribution is -2.08. The monoisotopic (exact) mass is 374 g/mol. The smallest absolute Gasteiger partial charge is 0.306 e. The average Bonchev–Trinajstić information content (AvgIpc) is 2.69. The van der Waals surface area contributed by atoms with Gasteiger partial charge in [0.25, 0.3) is 0 Å². The molecule has 0 heterocycles. The van der Waals surface area contributed by atoms with Crippen molar-refractivity contribution in [2.75, 3.05) is 0 Å². The molecule has 0 fully saturated rings. The minimum Gasteiger partial charge on any atom is -0.458 e. The molecule has 0 aliphatic rings. The van der Waals surface area contributed by atoms with Crippen LogP contribution in [0, 0.1) is 0 Å². The van der Waals surface area contributed by atoms with Crippen molar-refractivity contribution in [3.63, 3.8) is 0 Å². The molecule has 0 amide bonds. The molecule has 1 aromatic carbocycles. The molecule has 1 unspecified atom stereocenters. The second-order valence-corrected chi connectivity index (χ2v) is 7.89. The Kier molecular flexibility index (Phi) is 14.8. The van der Waals surface area contributed by atoms with Gasteiger partial charge >= 0.3 is 5.97 Å². The molecule has 2 heteroatoms. The Morgan fingerprint density at radius 2 is 1.19 bits per heavy atom. The number of hydrogen-bond acceptors (Lipinski definition) is 2. The summed E-state index contributed by atoms with van der Waals surface area (Å²) >= 11 is 0. The topological polar surface area (TPSA) is 26.3 Å². The Balaban J connectivity index is 1.85. The molecule has 0 bridgehead atoms. The summed E-state index contributed by atoms with van der Waals surface area (Å²) in [4.78, 5) is 11.9. The van der Waals surface area contributed by atoms with Crippen LogP contribution in [0.15, 0.2) is 30.3 Å². The molecule has 1 aromatic rings. The van der Waals surface area contributed by atoms with Crippen molar-refractivity contribution < 1.29 is 9.53 Å². The third-order valence-corrected chi connectivity index (χ3v) is 5.31. The molecule has 0 aromatic heterocycles. The van der Waals surface area contributed by atoms with E-state index in [4.69, 9.17) is 4.74 Å². The molecule has 1 atom stereocenters. The molecule has 154 valence electrons. The minimum atomic E-state index is -0.148. The van der Waals surface area contributed by atoms with E-state index in [-0.39, 0.29) is 12.1 Å². The van der Waals surface area contributed by atoms with Crippen molar-refractivity contribution in [2.45, 2.75) is 116 Å². The maximum absolute atomic E-state index is 11.9. The van der Waals surface area contributed by atoms with Crippen LogP contribution in [0.25, 0.3) is 0 Å². The third-order valence-electron chi connectivity index (χ3n) is 5.31. The van der Waals surface area contributed by atoms with Crippen LogP contribution >= 0.6 is 0 Å². The zero-order chi connectivity index (χ0) is 19.6. The summed E-state index contributed by atoms with van der Waals surface area (Å²) in [5, 5.41) is 0. The van der Waals surface area contributed by atoms with Crippen LogP contribution in [-0.2, 0) is 9.53 Å². The molecule has 2 nitrogen and oxygen atoms in total. The van der Waals surface area contributed by atoms with E-state index in [1.165, 1.54) is 77.0 Å². The molecule has 0 N–H and O–H groups in total. The zero-order valence-corrected chi connectivity index (χ0v) is 17.9. The molecule has 0 spiro atoms. The van der Waals surface area contributed by atoms with Crippen LogP contribution < -0.4 is 0 Å². The number of hydrogen-bond donors (Lipinski definition) is 0. The number of ether oxygens (including phenoxy) is 1. The Bertz CT molecular complexity index is 455. The number of carbonyl (C=O) groups excluding carboxylic acids is 1. The van der Waals surface area contributed by atoms with E-state index in [2.05, 4.69) is 6.92 Å². The first kappa shape index (κ1) is 23.7. The summed E-state index contributed by atoms with van der Waals surface area (Å²) in [6, 6.07) is 9.95. The second kappa shape index (κ2) is 16.8. The summed E-state index contributed by atoms with van der Waals surface area (Å²) in [5.74, 6) is -0.0645. The lowest BCUT2D eigenvalue weighted by Gasteiger charge is -2.13. The largest absolute Gasteiger partial charge is 0.458 e. The van der Waals surface area contributed by atoms with Crippen molar-refractivity contribution in [3.05, 3.63) is 35.9 Å². The Labute approximate surface area is 168 Å². The average molecular weight is 375 g/mol. The maximum Gasteiger partial charge on any atom is 0.306 e. The fraction of sp³-hybridized carbons (Fsp3) is 0.720. The van der Waals surface area contributed by atoms with Gasteiger partial charge in [-0.15, -0.1) is 0 Å². The Morgan fingerprint density at radius 3 is 1.67 bits per heavy atom. The zero-order valence-electron chi connectivity index (χ0n) is 17.9. The van der Waals surface area contributed by atoms with Crippen molar-refractivity contribution >= 4 is 5.97 Å². The van der Waals surface area contributed by atoms with Crippen molar-refractivity contribution in [1.29, 1.82) is 0 Å². The second-order valence-electron chi connectivity index (χ2n) is 7.89. The highest BCUT2D eigenvalue weighted by molar-refractivity contribution is 5.69. The van der Waals surface area contributed by atoms with Crippen LogP contribution in [0.3, 0.4) is 0 Å². The Hall–Kier alpha value is -1.31. The van der Waals surface area contributed by atoms with E-state index in [9.17, 15) is 4.79 Å². The fourth-order valence-corrected chi connectivity index (χ4v) is 3.51. The molecule has 0 aliphatic carbocycles. The van der Waals surface area contributed by atoms with Crippen LogP contribution in [0.5, 0.6) is 0 Å². The van der Waals surface area contributed by atoms with Gasteiger partial charge in [-0.3, -0.25) is 4.79 Å². The molecule has 0 saturated carbocycles. The first-order chi connectivity index (χ1) is 13.2. The normalized spacial score (nSPS) is 12.1. The van der Waals surface area contributed by atoms with Gasteiger partial charge in [0.2, 0.25) is 0 Å². The quantitative estimate of drug-likeness (QED) is 0.203. The van der Waals surface area contributed by atoms with E-state index in [0.29, 0.717) is 6.42 Å². The number of benzene rings is 1. The van der Waals surface area contributed by atoms with Gasteiger partial charge in [-0.25, -0.2) is 0 Å². The fourth-order valence-electron chi connectivity index (χ4n) is 3.51. The van der Waals surface area contributed by atoms with Gasteiger partial charge < -0.3 is 4.74 Å². The predicted molar refractivity (Wildman–Crippen MR) is 116 cm³/mol. The predicted octanol–water partition coefficient (Wildman–Crippen LogP) is 8.16. The van der Waals surface area contributed by atoms with Gasteiger partial charge in [0.15, 0.2) is 0 Å². The molecule has 1 rings (SSSR count). The maximum atomic E-state index is 11.9.